The summed E-state index contributed by atoms with van der Waals surface area (Å²) in [5.74, 6) is 1.68. The number of carbonyl (C=O) groups excluding carboxylic acids is 2. The second-order valence-corrected chi connectivity index (χ2v) is 12.3. The number of esters is 2. The lowest BCUT2D eigenvalue weighted by atomic mass is 9.97. The van der Waals surface area contributed by atoms with Crippen LogP contribution in [-0.4, -0.2) is 25.2 Å². The first-order chi connectivity index (χ1) is 19.0. The summed E-state index contributed by atoms with van der Waals surface area (Å²) in [5.41, 5.74) is 0. The second kappa shape index (κ2) is 28.5. The van der Waals surface area contributed by atoms with Crippen molar-refractivity contribution in [3.63, 3.8) is 0 Å². The molecular formula is C35H68O4. The van der Waals surface area contributed by atoms with E-state index in [1.807, 2.05) is 0 Å². The van der Waals surface area contributed by atoms with Gasteiger partial charge in [-0.3, -0.25) is 9.59 Å². The average Bonchev–Trinajstić information content (AvgIpc) is 2.94. The lowest BCUT2D eigenvalue weighted by Gasteiger charge is -2.15. The molecule has 39 heavy (non-hydrogen) atoms. The van der Waals surface area contributed by atoms with Gasteiger partial charge in [0, 0.05) is 12.8 Å². The van der Waals surface area contributed by atoms with E-state index in [4.69, 9.17) is 9.47 Å². The molecule has 4 nitrogen and oxygen atoms in total. The SMILES string of the molecule is CCCCC(CC)COC(=O)CCCCCCCCCCCCCC(C)CCC(=O)OCC(CC)CCCC. The third kappa shape index (κ3) is 25.6. The summed E-state index contributed by atoms with van der Waals surface area (Å²) in [6, 6.07) is 0. The molecule has 0 radical (unpaired) electrons. The Balaban J connectivity index is 3.48. The van der Waals surface area contributed by atoms with Gasteiger partial charge in [0.25, 0.3) is 0 Å². The van der Waals surface area contributed by atoms with Crippen LogP contribution in [0.3, 0.4) is 0 Å². The van der Waals surface area contributed by atoms with Crippen molar-refractivity contribution < 1.29 is 19.1 Å². The average molecular weight is 553 g/mol. The Morgan fingerprint density at radius 2 is 0.897 bits per heavy atom. The number of hydrogen-bond acceptors (Lipinski definition) is 4. The Kier molecular flexibility index (Phi) is 27.7. The van der Waals surface area contributed by atoms with Gasteiger partial charge in [-0.15, -0.1) is 0 Å². The van der Waals surface area contributed by atoms with Gasteiger partial charge in [0.2, 0.25) is 0 Å². The van der Waals surface area contributed by atoms with E-state index in [0.717, 1.165) is 32.1 Å². The van der Waals surface area contributed by atoms with Crippen molar-refractivity contribution in [3.05, 3.63) is 0 Å². The lowest BCUT2D eigenvalue weighted by molar-refractivity contribution is -0.146. The van der Waals surface area contributed by atoms with E-state index < -0.39 is 0 Å². The van der Waals surface area contributed by atoms with Crippen molar-refractivity contribution >= 4 is 11.9 Å². The third-order valence-electron chi connectivity index (χ3n) is 8.47. The van der Waals surface area contributed by atoms with E-state index in [-0.39, 0.29) is 11.9 Å². The summed E-state index contributed by atoms with van der Waals surface area (Å²) < 4.78 is 11.0. The molecule has 0 amide bonds. The zero-order valence-corrected chi connectivity index (χ0v) is 27.0. The Hall–Kier alpha value is -1.06. The van der Waals surface area contributed by atoms with Gasteiger partial charge in [0.1, 0.15) is 0 Å². The highest BCUT2D eigenvalue weighted by Gasteiger charge is 2.12. The molecule has 3 unspecified atom stereocenters. The number of carbonyl (C=O) groups is 2. The van der Waals surface area contributed by atoms with E-state index >= 15 is 0 Å². The molecule has 0 aliphatic carbocycles. The molecule has 0 N–H and O–H groups in total. The van der Waals surface area contributed by atoms with Crippen LogP contribution in [0.4, 0.5) is 0 Å². The molecule has 0 saturated carbocycles. The van der Waals surface area contributed by atoms with Gasteiger partial charge in [-0.25, -0.2) is 0 Å². The van der Waals surface area contributed by atoms with Crippen molar-refractivity contribution in [1.29, 1.82) is 0 Å². The minimum Gasteiger partial charge on any atom is -0.465 e. The summed E-state index contributed by atoms with van der Waals surface area (Å²) >= 11 is 0. The van der Waals surface area contributed by atoms with Crippen LogP contribution >= 0.6 is 0 Å². The van der Waals surface area contributed by atoms with Gasteiger partial charge >= 0.3 is 11.9 Å². The molecule has 0 spiro atoms. The molecule has 0 fully saturated rings. The standard InChI is InChI=1S/C35H68O4/c1-6-10-24-32(8-3)29-38-34(36)26-22-20-18-16-14-12-13-15-17-19-21-23-31(5)27-28-35(37)39-30-33(9-4)25-11-7-2/h31-33H,6-30H2,1-5H3. The monoisotopic (exact) mass is 553 g/mol. The maximum absolute atomic E-state index is 12.1. The van der Waals surface area contributed by atoms with Crippen LogP contribution in [0.2, 0.25) is 0 Å². The molecule has 0 aliphatic heterocycles. The van der Waals surface area contributed by atoms with Crippen molar-refractivity contribution in [2.24, 2.45) is 17.8 Å². The molecule has 0 aromatic carbocycles. The Bertz CT molecular complexity index is 547. The Morgan fingerprint density at radius 3 is 1.33 bits per heavy atom. The van der Waals surface area contributed by atoms with Crippen molar-refractivity contribution in [1.82, 2.24) is 0 Å². The summed E-state index contributed by atoms with van der Waals surface area (Å²) in [5, 5.41) is 0. The Morgan fingerprint density at radius 1 is 0.487 bits per heavy atom. The molecule has 3 atom stereocenters. The van der Waals surface area contributed by atoms with Crippen LogP contribution in [0.1, 0.15) is 182 Å². The summed E-state index contributed by atoms with van der Waals surface area (Å²) in [7, 11) is 0. The number of ether oxygens (including phenoxy) is 2. The van der Waals surface area contributed by atoms with Crippen molar-refractivity contribution in [2.45, 2.75) is 182 Å². The van der Waals surface area contributed by atoms with Crippen LogP contribution < -0.4 is 0 Å². The predicted molar refractivity (Wildman–Crippen MR) is 167 cm³/mol. The fraction of sp³-hybridized carbons (Fsp3) is 0.943. The fourth-order valence-electron chi connectivity index (χ4n) is 5.22. The highest BCUT2D eigenvalue weighted by atomic mass is 16.5. The van der Waals surface area contributed by atoms with Crippen molar-refractivity contribution in [3.8, 4) is 0 Å². The van der Waals surface area contributed by atoms with Crippen LogP contribution in [0.15, 0.2) is 0 Å². The molecule has 0 aliphatic rings. The fourth-order valence-corrected chi connectivity index (χ4v) is 5.22. The normalized spacial score (nSPS) is 13.7. The topological polar surface area (TPSA) is 52.6 Å². The molecular weight excluding hydrogens is 484 g/mol. The summed E-state index contributed by atoms with van der Waals surface area (Å²) in [4.78, 5) is 24.0. The molecule has 0 rings (SSSR count). The van der Waals surface area contributed by atoms with Gasteiger partial charge in [0.05, 0.1) is 13.2 Å². The smallest absolute Gasteiger partial charge is 0.305 e. The minimum atomic E-state index is -0.00225. The molecule has 4 heteroatoms. The van der Waals surface area contributed by atoms with E-state index in [2.05, 4.69) is 34.6 Å². The second-order valence-electron chi connectivity index (χ2n) is 12.3. The molecule has 0 heterocycles. The first-order valence-corrected chi connectivity index (χ1v) is 17.3. The van der Waals surface area contributed by atoms with Crippen molar-refractivity contribution in [2.75, 3.05) is 13.2 Å². The molecule has 0 aromatic rings. The number of unbranched alkanes of at least 4 members (excludes halogenated alkanes) is 12. The van der Waals surface area contributed by atoms with Gasteiger partial charge in [-0.1, -0.05) is 144 Å². The highest BCUT2D eigenvalue weighted by molar-refractivity contribution is 5.69. The number of rotatable bonds is 29. The minimum absolute atomic E-state index is 0.000105. The Labute approximate surface area is 244 Å². The quantitative estimate of drug-likeness (QED) is 0.0684. The molecule has 0 saturated heterocycles. The van der Waals surface area contributed by atoms with E-state index in [0.29, 0.717) is 43.8 Å². The maximum atomic E-state index is 12.1. The largest absolute Gasteiger partial charge is 0.465 e. The first kappa shape index (κ1) is 37.9. The number of hydrogen-bond donors (Lipinski definition) is 0. The first-order valence-electron chi connectivity index (χ1n) is 17.3. The van der Waals surface area contributed by atoms with Gasteiger partial charge in [-0.2, -0.15) is 0 Å². The summed E-state index contributed by atoms with van der Waals surface area (Å²) in [6.45, 7) is 12.3. The maximum Gasteiger partial charge on any atom is 0.305 e. The van der Waals surface area contributed by atoms with Crippen LogP contribution in [0.25, 0.3) is 0 Å². The van der Waals surface area contributed by atoms with E-state index in [1.54, 1.807) is 0 Å². The predicted octanol–water partition coefficient (Wildman–Crippen LogP) is 11.0. The van der Waals surface area contributed by atoms with Gasteiger partial charge in [0.15, 0.2) is 0 Å². The lowest BCUT2D eigenvalue weighted by Crippen LogP contribution is -2.14. The zero-order chi connectivity index (χ0) is 29.0. The van der Waals surface area contributed by atoms with Crippen LogP contribution in [0.5, 0.6) is 0 Å². The van der Waals surface area contributed by atoms with Crippen LogP contribution in [0, 0.1) is 17.8 Å². The third-order valence-corrected chi connectivity index (χ3v) is 8.47. The summed E-state index contributed by atoms with van der Waals surface area (Å²) in [6.07, 6.45) is 26.8. The molecule has 0 bridgehead atoms. The van der Waals surface area contributed by atoms with E-state index in [9.17, 15) is 9.59 Å². The van der Waals surface area contributed by atoms with Gasteiger partial charge < -0.3 is 9.47 Å². The van der Waals surface area contributed by atoms with Crippen LogP contribution in [-0.2, 0) is 19.1 Å². The van der Waals surface area contributed by atoms with E-state index in [1.165, 1.54) is 103 Å². The zero-order valence-electron chi connectivity index (χ0n) is 27.0. The molecule has 232 valence electrons. The molecule has 0 aromatic heterocycles. The van der Waals surface area contributed by atoms with Gasteiger partial charge in [-0.05, 0) is 43.4 Å². The highest BCUT2D eigenvalue weighted by Crippen LogP contribution is 2.19.